The highest BCUT2D eigenvalue weighted by Crippen LogP contribution is 2.48. The van der Waals surface area contributed by atoms with Crippen LogP contribution in [-0.2, 0) is 4.79 Å². The third kappa shape index (κ3) is 1.78. The molecule has 1 saturated heterocycles. The van der Waals surface area contributed by atoms with E-state index in [4.69, 9.17) is 0 Å². The fraction of sp³-hybridized carbons (Fsp3) is 0.933. The van der Waals surface area contributed by atoms with E-state index in [2.05, 4.69) is 37.9 Å². The lowest BCUT2D eigenvalue weighted by Gasteiger charge is -2.33. The van der Waals surface area contributed by atoms with E-state index in [1.807, 2.05) is 0 Å². The van der Waals surface area contributed by atoms with E-state index in [1.54, 1.807) is 0 Å². The SMILES string of the molecule is CC(C)C1NC2(CC2)C(=O)N1C1CCC(C)(C)C1. The van der Waals surface area contributed by atoms with Crippen molar-refractivity contribution < 1.29 is 4.79 Å². The molecule has 3 fully saturated rings. The molecule has 2 unspecified atom stereocenters. The van der Waals surface area contributed by atoms with Crippen LogP contribution in [0.25, 0.3) is 0 Å². The molecule has 3 heteroatoms. The Bertz CT molecular complexity index is 371. The Kier molecular flexibility index (Phi) is 2.58. The van der Waals surface area contributed by atoms with Crippen LogP contribution in [0, 0.1) is 11.3 Å². The van der Waals surface area contributed by atoms with Gasteiger partial charge in [0, 0.05) is 6.04 Å². The van der Waals surface area contributed by atoms with E-state index in [0.717, 1.165) is 12.8 Å². The molecule has 0 aromatic rings. The van der Waals surface area contributed by atoms with Crippen molar-refractivity contribution in [2.45, 2.75) is 77.5 Å². The van der Waals surface area contributed by atoms with Gasteiger partial charge in [-0.1, -0.05) is 27.7 Å². The Morgan fingerprint density at radius 1 is 1.28 bits per heavy atom. The first-order chi connectivity index (χ1) is 8.35. The zero-order valence-electron chi connectivity index (χ0n) is 12.1. The Morgan fingerprint density at radius 3 is 2.39 bits per heavy atom. The molecule has 18 heavy (non-hydrogen) atoms. The van der Waals surface area contributed by atoms with Gasteiger partial charge in [-0.05, 0) is 43.4 Å². The van der Waals surface area contributed by atoms with Gasteiger partial charge < -0.3 is 4.90 Å². The zero-order valence-corrected chi connectivity index (χ0v) is 12.1. The second-order valence-electron chi connectivity index (χ2n) is 7.69. The van der Waals surface area contributed by atoms with Crippen LogP contribution in [-0.4, -0.2) is 28.6 Å². The summed E-state index contributed by atoms with van der Waals surface area (Å²) in [4.78, 5) is 14.9. The molecule has 0 bridgehead atoms. The molecule has 0 radical (unpaired) electrons. The number of carbonyl (C=O) groups is 1. The number of amides is 1. The Hall–Kier alpha value is -0.570. The smallest absolute Gasteiger partial charge is 0.244 e. The van der Waals surface area contributed by atoms with Gasteiger partial charge in [-0.25, -0.2) is 0 Å². The van der Waals surface area contributed by atoms with E-state index < -0.39 is 0 Å². The average molecular weight is 250 g/mol. The predicted molar refractivity (Wildman–Crippen MR) is 72.0 cm³/mol. The summed E-state index contributed by atoms with van der Waals surface area (Å²) in [5, 5.41) is 3.62. The Labute approximate surface area is 110 Å². The van der Waals surface area contributed by atoms with Crippen LogP contribution < -0.4 is 5.32 Å². The fourth-order valence-corrected chi connectivity index (χ4v) is 3.79. The van der Waals surface area contributed by atoms with Gasteiger partial charge in [0.25, 0.3) is 0 Å². The summed E-state index contributed by atoms with van der Waals surface area (Å²) in [7, 11) is 0. The molecule has 1 spiro atoms. The van der Waals surface area contributed by atoms with Gasteiger partial charge in [0.05, 0.1) is 11.7 Å². The van der Waals surface area contributed by atoms with Crippen LogP contribution in [0.2, 0.25) is 0 Å². The Balaban J connectivity index is 1.82. The van der Waals surface area contributed by atoms with Crippen LogP contribution in [0.1, 0.15) is 59.8 Å². The molecule has 2 aliphatic carbocycles. The third-order valence-electron chi connectivity index (χ3n) is 5.09. The second-order valence-corrected chi connectivity index (χ2v) is 7.69. The highest BCUT2D eigenvalue weighted by molar-refractivity contribution is 5.92. The lowest BCUT2D eigenvalue weighted by molar-refractivity contribution is -0.133. The van der Waals surface area contributed by atoms with Gasteiger partial charge in [0.1, 0.15) is 0 Å². The number of rotatable bonds is 2. The van der Waals surface area contributed by atoms with Gasteiger partial charge in [-0.3, -0.25) is 10.1 Å². The van der Waals surface area contributed by atoms with Gasteiger partial charge in [0.15, 0.2) is 0 Å². The Morgan fingerprint density at radius 2 is 1.94 bits per heavy atom. The van der Waals surface area contributed by atoms with Crippen molar-refractivity contribution in [3.8, 4) is 0 Å². The molecule has 2 atom stereocenters. The van der Waals surface area contributed by atoms with E-state index in [-0.39, 0.29) is 11.7 Å². The molecule has 0 aromatic heterocycles. The fourth-order valence-electron chi connectivity index (χ4n) is 3.79. The number of carbonyl (C=O) groups excluding carboxylic acids is 1. The molecule has 1 aliphatic heterocycles. The lowest BCUT2D eigenvalue weighted by Crippen LogP contribution is -2.46. The van der Waals surface area contributed by atoms with Crippen LogP contribution in [0.15, 0.2) is 0 Å². The maximum absolute atomic E-state index is 12.7. The molecule has 3 nitrogen and oxygen atoms in total. The van der Waals surface area contributed by atoms with Crippen LogP contribution in [0.4, 0.5) is 0 Å². The van der Waals surface area contributed by atoms with Crippen molar-refractivity contribution in [1.82, 2.24) is 10.2 Å². The van der Waals surface area contributed by atoms with Crippen LogP contribution in [0.5, 0.6) is 0 Å². The van der Waals surface area contributed by atoms with Gasteiger partial charge in [-0.15, -0.1) is 0 Å². The first kappa shape index (κ1) is 12.5. The molecule has 1 amide bonds. The summed E-state index contributed by atoms with van der Waals surface area (Å²) < 4.78 is 0. The zero-order chi connectivity index (χ0) is 13.1. The summed E-state index contributed by atoms with van der Waals surface area (Å²) in [5.74, 6) is 0.890. The summed E-state index contributed by atoms with van der Waals surface area (Å²) in [6, 6.07) is 0.465. The largest absolute Gasteiger partial charge is 0.322 e. The molecular formula is C15H26N2O. The number of hydrogen-bond acceptors (Lipinski definition) is 2. The number of nitrogens with one attached hydrogen (secondary N) is 1. The molecule has 3 rings (SSSR count). The van der Waals surface area contributed by atoms with Crippen molar-refractivity contribution in [2.75, 3.05) is 0 Å². The predicted octanol–water partition coefficient (Wildman–Crippen LogP) is 2.51. The van der Waals surface area contributed by atoms with Crippen molar-refractivity contribution in [3.05, 3.63) is 0 Å². The summed E-state index contributed by atoms with van der Waals surface area (Å²) in [6.45, 7) is 9.11. The lowest BCUT2D eigenvalue weighted by atomic mass is 9.91. The summed E-state index contributed by atoms with van der Waals surface area (Å²) in [6.07, 6.45) is 5.95. The molecular weight excluding hydrogens is 224 g/mol. The molecule has 2 saturated carbocycles. The highest BCUT2D eigenvalue weighted by atomic mass is 16.2. The second kappa shape index (κ2) is 3.72. The normalized spacial score (nSPS) is 36.9. The molecule has 1 N–H and O–H groups in total. The quantitative estimate of drug-likeness (QED) is 0.816. The highest BCUT2D eigenvalue weighted by Gasteiger charge is 2.61. The monoisotopic (exact) mass is 250 g/mol. The van der Waals surface area contributed by atoms with Crippen LogP contribution >= 0.6 is 0 Å². The maximum Gasteiger partial charge on any atom is 0.244 e. The first-order valence-electron chi connectivity index (χ1n) is 7.45. The minimum Gasteiger partial charge on any atom is -0.322 e. The number of nitrogens with zero attached hydrogens (tertiary/aromatic N) is 1. The minimum atomic E-state index is -0.151. The first-order valence-corrected chi connectivity index (χ1v) is 7.45. The minimum absolute atomic E-state index is 0.151. The standard InChI is InChI=1S/C15H26N2O/c1-10(2)12-16-15(7-8-15)13(18)17(12)11-5-6-14(3,4)9-11/h10-12,16H,5-9H2,1-4H3. The average Bonchev–Trinajstić information content (AvgIpc) is 2.88. The van der Waals surface area contributed by atoms with Gasteiger partial charge in [0.2, 0.25) is 5.91 Å². The molecule has 3 aliphatic rings. The van der Waals surface area contributed by atoms with Crippen molar-refractivity contribution in [2.24, 2.45) is 11.3 Å². The molecule has 102 valence electrons. The summed E-state index contributed by atoms with van der Waals surface area (Å²) >= 11 is 0. The summed E-state index contributed by atoms with van der Waals surface area (Å²) in [5.41, 5.74) is 0.257. The van der Waals surface area contributed by atoms with Crippen LogP contribution in [0.3, 0.4) is 0 Å². The van der Waals surface area contributed by atoms with Gasteiger partial charge in [-0.2, -0.15) is 0 Å². The van der Waals surface area contributed by atoms with E-state index in [0.29, 0.717) is 23.3 Å². The van der Waals surface area contributed by atoms with Crippen molar-refractivity contribution in [3.63, 3.8) is 0 Å². The third-order valence-corrected chi connectivity index (χ3v) is 5.09. The molecule has 1 heterocycles. The van der Waals surface area contributed by atoms with Crippen molar-refractivity contribution >= 4 is 5.91 Å². The topological polar surface area (TPSA) is 32.3 Å². The van der Waals surface area contributed by atoms with Gasteiger partial charge >= 0.3 is 0 Å². The van der Waals surface area contributed by atoms with E-state index in [9.17, 15) is 4.79 Å². The van der Waals surface area contributed by atoms with E-state index >= 15 is 0 Å². The number of hydrogen-bond donors (Lipinski definition) is 1. The molecule has 0 aromatic carbocycles. The van der Waals surface area contributed by atoms with Crippen molar-refractivity contribution in [1.29, 1.82) is 0 Å². The maximum atomic E-state index is 12.7. The van der Waals surface area contributed by atoms with E-state index in [1.165, 1.54) is 19.3 Å².